The van der Waals surface area contributed by atoms with Crippen molar-refractivity contribution in [1.29, 1.82) is 5.26 Å². The first-order valence-electron chi connectivity index (χ1n) is 7.57. The van der Waals surface area contributed by atoms with Crippen molar-refractivity contribution in [2.75, 3.05) is 6.54 Å². The molecule has 1 N–H and O–H groups in total. The number of aryl methyl sites for hydroxylation is 3. The van der Waals surface area contributed by atoms with Crippen LogP contribution in [-0.2, 0) is 6.54 Å². The fourth-order valence-electron chi connectivity index (χ4n) is 2.67. The molecule has 0 saturated carbocycles. The van der Waals surface area contributed by atoms with Crippen molar-refractivity contribution in [3.8, 4) is 6.07 Å². The molecule has 1 unspecified atom stereocenters. The number of hydrogen-bond donors (Lipinski definition) is 1. The van der Waals surface area contributed by atoms with Gasteiger partial charge >= 0.3 is 0 Å². The first-order chi connectivity index (χ1) is 9.99. The minimum Gasteiger partial charge on any atom is -0.331 e. The summed E-state index contributed by atoms with van der Waals surface area (Å²) in [6.07, 6.45) is 3.69. The molecule has 4 heteroatoms. The van der Waals surface area contributed by atoms with E-state index in [1.807, 2.05) is 20.2 Å². The van der Waals surface area contributed by atoms with E-state index in [1.54, 1.807) is 0 Å². The third-order valence-corrected chi connectivity index (χ3v) is 4.13. The smallest absolute Gasteiger partial charge is 0.103 e. The summed E-state index contributed by atoms with van der Waals surface area (Å²) in [5, 5.41) is 12.5. The number of benzene rings is 1. The van der Waals surface area contributed by atoms with Gasteiger partial charge in [0.1, 0.15) is 5.54 Å². The maximum atomic E-state index is 9.28. The molecule has 1 heterocycles. The first-order valence-corrected chi connectivity index (χ1v) is 7.57. The Balaban J connectivity index is 2.08. The molecule has 0 bridgehead atoms. The molecule has 0 aliphatic carbocycles. The molecule has 0 spiro atoms. The van der Waals surface area contributed by atoms with Gasteiger partial charge in [-0.3, -0.25) is 5.32 Å². The van der Waals surface area contributed by atoms with Crippen LogP contribution in [0.25, 0.3) is 11.0 Å². The monoisotopic (exact) mass is 284 g/mol. The summed E-state index contributed by atoms with van der Waals surface area (Å²) in [5.74, 6) is 0. The van der Waals surface area contributed by atoms with E-state index in [0.29, 0.717) is 0 Å². The van der Waals surface area contributed by atoms with Crippen molar-refractivity contribution >= 4 is 11.0 Å². The van der Waals surface area contributed by atoms with E-state index in [1.165, 1.54) is 16.6 Å². The molecule has 0 amide bonds. The Morgan fingerprint density at radius 2 is 2.05 bits per heavy atom. The van der Waals surface area contributed by atoms with Crippen molar-refractivity contribution < 1.29 is 0 Å². The molecule has 4 nitrogen and oxygen atoms in total. The highest BCUT2D eigenvalue weighted by molar-refractivity contribution is 5.77. The zero-order valence-corrected chi connectivity index (χ0v) is 13.4. The fraction of sp³-hybridized carbons (Fsp3) is 0.529. The average molecular weight is 284 g/mol. The van der Waals surface area contributed by atoms with E-state index in [2.05, 4.69) is 46.9 Å². The SMILES string of the molecule is CCNC(C)(C#N)CCCn1cnc2cc(C)c(C)cc21. The van der Waals surface area contributed by atoms with Gasteiger partial charge in [0, 0.05) is 6.54 Å². The molecule has 1 aromatic heterocycles. The van der Waals surface area contributed by atoms with Crippen LogP contribution in [0.4, 0.5) is 0 Å². The topological polar surface area (TPSA) is 53.6 Å². The van der Waals surface area contributed by atoms with E-state index in [-0.39, 0.29) is 0 Å². The lowest BCUT2D eigenvalue weighted by atomic mass is 9.97. The molecule has 0 saturated heterocycles. The Morgan fingerprint density at radius 1 is 1.33 bits per heavy atom. The molecule has 2 aromatic rings. The highest BCUT2D eigenvalue weighted by Crippen LogP contribution is 2.20. The van der Waals surface area contributed by atoms with Crippen molar-refractivity contribution in [1.82, 2.24) is 14.9 Å². The van der Waals surface area contributed by atoms with Crippen LogP contribution < -0.4 is 5.32 Å². The van der Waals surface area contributed by atoms with E-state index in [4.69, 9.17) is 0 Å². The number of nitrogens with one attached hydrogen (secondary N) is 1. The lowest BCUT2D eigenvalue weighted by Crippen LogP contribution is -2.40. The Morgan fingerprint density at radius 3 is 2.71 bits per heavy atom. The molecule has 0 fully saturated rings. The van der Waals surface area contributed by atoms with Gasteiger partial charge in [-0.25, -0.2) is 4.98 Å². The maximum absolute atomic E-state index is 9.28. The van der Waals surface area contributed by atoms with E-state index < -0.39 is 5.54 Å². The first kappa shape index (κ1) is 15.5. The van der Waals surface area contributed by atoms with E-state index in [9.17, 15) is 5.26 Å². The summed E-state index contributed by atoms with van der Waals surface area (Å²) in [6, 6.07) is 6.72. The normalized spacial score (nSPS) is 14.0. The summed E-state index contributed by atoms with van der Waals surface area (Å²) < 4.78 is 2.19. The van der Waals surface area contributed by atoms with Crippen LogP contribution in [0.3, 0.4) is 0 Å². The molecular weight excluding hydrogens is 260 g/mol. The van der Waals surface area contributed by atoms with Gasteiger partial charge < -0.3 is 4.57 Å². The molecule has 112 valence electrons. The van der Waals surface area contributed by atoms with Gasteiger partial charge in [0.2, 0.25) is 0 Å². The fourth-order valence-corrected chi connectivity index (χ4v) is 2.67. The number of rotatable bonds is 6. The van der Waals surface area contributed by atoms with Gasteiger partial charge in [-0.1, -0.05) is 6.92 Å². The third kappa shape index (κ3) is 3.43. The Bertz CT molecular complexity index is 665. The maximum Gasteiger partial charge on any atom is 0.103 e. The predicted octanol–water partition coefficient (Wildman–Crippen LogP) is 3.33. The lowest BCUT2D eigenvalue weighted by Gasteiger charge is -2.22. The largest absolute Gasteiger partial charge is 0.331 e. The minimum atomic E-state index is -0.433. The number of nitrogens with zero attached hydrogens (tertiary/aromatic N) is 3. The number of nitriles is 1. The van der Waals surface area contributed by atoms with Crippen LogP contribution in [0.2, 0.25) is 0 Å². The third-order valence-electron chi connectivity index (χ3n) is 4.13. The van der Waals surface area contributed by atoms with E-state index in [0.717, 1.165) is 31.4 Å². The second-order valence-corrected chi connectivity index (χ2v) is 5.94. The summed E-state index contributed by atoms with van der Waals surface area (Å²) in [4.78, 5) is 4.47. The molecule has 21 heavy (non-hydrogen) atoms. The van der Waals surface area contributed by atoms with Gasteiger partial charge in [0.25, 0.3) is 0 Å². The molecule has 0 aliphatic heterocycles. The predicted molar refractivity (Wildman–Crippen MR) is 86.1 cm³/mol. The van der Waals surface area contributed by atoms with Crippen LogP contribution in [0.1, 0.15) is 37.8 Å². The second-order valence-electron chi connectivity index (χ2n) is 5.94. The van der Waals surface area contributed by atoms with Crippen LogP contribution in [0, 0.1) is 25.2 Å². The molecular formula is C17H24N4. The zero-order valence-electron chi connectivity index (χ0n) is 13.4. The van der Waals surface area contributed by atoms with Crippen molar-refractivity contribution in [2.45, 2.75) is 52.6 Å². The quantitative estimate of drug-likeness (QED) is 0.885. The van der Waals surface area contributed by atoms with Crippen LogP contribution in [-0.4, -0.2) is 21.6 Å². The summed E-state index contributed by atoms with van der Waals surface area (Å²) in [5.41, 5.74) is 4.36. The Kier molecular flexibility index (Phi) is 4.64. The zero-order chi connectivity index (χ0) is 15.5. The molecule has 2 rings (SSSR count). The van der Waals surface area contributed by atoms with Crippen LogP contribution >= 0.6 is 0 Å². The number of hydrogen-bond acceptors (Lipinski definition) is 3. The number of fused-ring (bicyclic) bond motifs is 1. The van der Waals surface area contributed by atoms with Crippen molar-refractivity contribution in [2.24, 2.45) is 0 Å². The van der Waals surface area contributed by atoms with Crippen LogP contribution in [0.5, 0.6) is 0 Å². The molecule has 1 atom stereocenters. The summed E-state index contributed by atoms with van der Waals surface area (Å²) in [6.45, 7) is 9.95. The number of aromatic nitrogens is 2. The molecule has 1 aromatic carbocycles. The Hall–Kier alpha value is -1.86. The highest BCUT2D eigenvalue weighted by atomic mass is 15.0. The van der Waals surface area contributed by atoms with Gasteiger partial charge in [-0.15, -0.1) is 0 Å². The second kappa shape index (κ2) is 6.28. The number of imidazole rings is 1. The van der Waals surface area contributed by atoms with Gasteiger partial charge in [-0.2, -0.15) is 5.26 Å². The molecule has 0 aliphatic rings. The van der Waals surface area contributed by atoms with Gasteiger partial charge in [0.15, 0.2) is 0 Å². The highest BCUT2D eigenvalue weighted by Gasteiger charge is 2.21. The van der Waals surface area contributed by atoms with Crippen molar-refractivity contribution in [3.63, 3.8) is 0 Å². The van der Waals surface area contributed by atoms with E-state index >= 15 is 0 Å². The molecule has 0 radical (unpaired) electrons. The van der Waals surface area contributed by atoms with Gasteiger partial charge in [-0.05, 0) is 63.4 Å². The van der Waals surface area contributed by atoms with Crippen LogP contribution in [0.15, 0.2) is 18.5 Å². The minimum absolute atomic E-state index is 0.433. The standard InChI is InChI=1S/C17H24N4/c1-5-20-17(4,11-18)7-6-8-21-12-19-15-9-13(2)14(3)10-16(15)21/h9-10,12,20H,5-8H2,1-4H3. The summed E-state index contributed by atoms with van der Waals surface area (Å²) in [7, 11) is 0. The Labute approximate surface area is 126 Å². The van der Waals surface area contributed by atoms with Crippen molar-refractivity contribution in [3.05, 3.63) is 29.6 Å². The van der Waals surface area contributed by atoms with Gasteiger partial charge in [0.05, 0.1) is 23.4 Å². The average Bonchev–Trinajstić information content (AvgIpc) is 2.82. The lowest BCUT2D eigenvalue weighted by molar-refractivity contribution is 0.404. The summed E-state index contributed by atoms with van der Waals surface area (Å²) >= 11 is 0.